The van der Waals surface area contributed by atoms with Crippen molar-refractivity contribution >= 4 is 5.97 Å². The Bertz CT molecular complexity index is 1280. The SMILES string of the molecule is CCC(CC(=O)OC1CC(C)(C)N(OC(C)c2ccccc2)C(C)(C)C1)C(O)OC1CC(C)(C)N(OC(C)c2ccccc2)C(C)(C)C1. The number of aliphatic hydroxyl groups is 1. The van der Waals surface area contributed by atoms with Crippen LogP contribution in [0.3, 0.4) is 0 Å². The van der Waals surface area contributed by atoms with Crippen LogP contribution in [0.25, 0.3) is 0 Å². The molecule has 2 fully saturated rings. The standard InChI is InChI=1S/C40H62N2O6/c1-12-30(36(44)46-34-26-39(8,9)42(40(10,11)27-34)48-29(3)32-21-17-14-18-22-32)23-35(43)45-33-24-37(4,5)41(38(6,7)25-33)47-28(2)31-19-15-13-16-20-31/h13-22,28-30,33-34,36,44H,12,23-27H2,1-11H3. The minimum Gasteiger partial charge on any atom is -0.462 e. The van der Waals surface area contributed by atoms with Gasteiger partial charge >= 0.3 is 5.97 Å². The number of esters is 1. The number of rotatable bonds is 13. The number of benzene rings is 2. The molecule has 0 spiro atoms. The molecule has 2 heterocycles. The van der Waals surface area contributed by atoms with Crippen molar-refractivity contribution < 1.29 is 29.0 Å². The maximum Gasteiger partial charge on any atom is 0.306 e. The number of nitrogens with zero attached hydrogens (tertiary/aromatic N) is 2. The smallest absolute Gasteiger partial charge is 0.306 e. The van der Waals surface area contributed by atoms with E-state index < -0.39 is 6.29 Å². The van der Waals surface area contributed by atoms with Gasteiger partial charge in [0.05, 0.1) is 12.5 Å². The van der Waals surface area contributed by atoms with Crippen molar-refractivity contribution in [3.63, 3.8) is 0 Å². The first-order valence-electron chi connectivity index (χ1n) is 17.9. The number of ether oxygens (including phenoxy) is 2. The Morgan fingerprint density at radius 2 is 1.08 bits per heavy atom. The van der Waals surface area contributed by atoms with Gasteiger partial charge in [0.25, 0.3) is 0 Å². The van der Waals surface area contributed by atoms with Crippen LogP contribution in [0.15, 0.2) is 60.7 Å². The van der Waals surface area contributed by atoms with Crippen molar-refractivity contribution in [2.45, 2.75) is 168 Å². The van der Waals surface area contributed by atoms with E-state index in [1.165, 1.54) is 0 Å². The summed E-state index contributed by atoms with van der Waals surface area (Å²) in [5.74, 6) is -0.667. The van der Waals surface area contributed by atoms with Crippen LogP contribution in [0.4, 0.5) is 0 Å². The van der Waals surface area contributed by atoms with Gasteiger partial charge in [0.1, 0.15) is 18.3 Å². The second kappa shape index (κ2) is 15.3. The summed E-state index contributed by atoms with van der Waals surface area (Å²) < 4.78 is 12.5. The quantitative estimate of drug-likeness (QED) is 0.168. The van der Waals surface area contributed by atoms with Crippen LogP contribution in [0.1, 0.15) is 138 Å². The molecule has 48 heavy (non-hydrogen) atoms. The lowest BCUT2D eigenvalue weighted by atomic mass is 9.80. The van der Waals surface area contributed by atoms with Crippen LogP contribution in [0.2, 0.25) is 0 Å². The molecular weight excluding hydrogens is 604 g/mol. The van der Waals surface area contributed by atoms with E-state index in [4.69, 9.17) is 19.1 Å². The summed E-state index contributed by atoms with van der Waals surface area (Å²) in [6.07, 6.45) is 1.64. The first kappa shape index (κ1) is 38.5. The average molecular weight is 667 g/mol. The number of carbonyl (C=O) groups excluding carboxylic acids is 1. The molecule has 4 atom stereocenters. The molecule has 2 aliphatic rings. The summed E-state index contributed by atoms with van der Waals surface area (Å²) in [7, 11) is 0. The van der Waals surface area contributed by atoms with E-state index in [2.05, 4.69) is 104 Å². The molecular formula is C40H62N2O6. The number of carbonyl (C=O) groups is 1. The van der Waals surface area contributed by atoms with Crippen LogP contribution in [-0.4, -0.2) is 61.9 Å². The predicted molar refractivity (Wildman–Crippen MR) is 190 cm³/mol. The first-order chi connectivity index (χ1) is 22.3. The van der Waals surface area contributed by atoms with Crippen LogP contribution < -0.4 is 0 Å². The fraction of sp³-hybridized carbons (Fsp3) is 0.675. The monoisotopic (exact) mass is 666 g/mol. The lowest BCUT2D eigenvalue weighted by Crippen LogP contribution is -2.62. The molecule has 0 aliphatic carbocycles. The Kier molecular flexibility index (Phi) is 12.2. The Labute approximate surface area is 290 Å². The van der Waals surface area contributed by atoms with Crippen LogP contribution >= 0.6 is 0 Å². The van der Waals surface area contributed by atoms with E-state index >= 15 is 0 Å². The molecule has 1 N–H and O–H groups in total. The number of hydroxylamine groups is 4. The Hall–Kier alpha value is -2.33. The zero-order valence-electron chi connectivity index (χ0n) is 31.4. The topological polar surface area (TPSA) is 80.7 Å². The van der Waals surface area contributed by atoms with Crippen LogP contribution in [0, 0.1) is 5.92 Å². The van der Waals surface area contributed by atoms with E-state index in [1.54, 1.807) is 0 Å². The van der Waals surface area contributed by atoms with Gasteiger partial charge in [-0.25, -0.2) is 0 Å². The highest BCUT2D eigenvalue weighted by atomic mass is 16.7. The fourth-order valence-electron chi connectivity index (χ4n) is 8.18. The van der Waals surface area contributed by atoms with Gasteiger partial charge in [-0.1, -0.05) is 67.6 Å². The second-order valence-electron chi connectivity index (χ2n) is 16.6. The molecule has 2 aromatic carbocycles. The highest BCUT2D eigenvalue weighted by molar-refractivity contribution is 5.70. The van der Waals surface area contributed by atoms with E-state index in [9.17, 15) is 9.90 Å². The van der Waals surface area contributed by atoms with Crippen molar-refractivity contribution in [2.24, 2.45) is 5.92 Å². The molecule has 0 bridgehead atoms. The number of piperidine rings is 2. The van der Waals surface area contributed by atoms with E-state index in [0.29, 0.717) is 32.1 Å². The second-order valence-corrected chi connectivity index (χ2v) is 16.6. The van der Waals surface area contributed by atoms with Gasteiger partial charge in [-0.2, -0.15) is 10.1 Å². The first-order valence-corrected chi connectivity index (χ1v) is 17.9. The van der Waals surface area contributed by atoms with Crippen molar-refractivity contribution in [1.82, 2.24) is 10.1 Å². The van der Waals surface area contributed by atoms with E-state index in [1.807, 2.05) is 43.3 Å². The van der Waals surface area contributed by atoms with E-state index in [-0.39, 0.29) is 64.9 Å². The summed E-state index contributed by atoms with van der Waals surface area (Å²) in [5.41, 5.74) is 0.839. The highest BCUT2D eigenvalue weighted by Gasteiger charge is 2.50. The van der Waals surface area contributed by atoms with Gasteiger partial charge in [-0.05, 0) is 99.6 Å². The molecule has 0 radical (unpaired) electrons. The Balaban J connectivity index is 1.32. The summed E-state index contributed by atoms with van der Waals surface area (Å²) in [4.78, 5) is 26.5. The van der Waals surface area contributed by atoms with Gasteiger partial charge in [0.2, 0.25) is 0 Å². The summed E-state index contributed by atoms with van der Waals surface area (Å²) in [6.45, 7) is 23.3. The predicted octanol–water partition coefficient (Wildman–Crippen LogP) is 8.71. The van der Waals surface area contributed by atoms with E-state index in [0.717, 1.165) is 11.1 Å². The maximum absolute atomic E-state index is 13.4. The van der Waals surface area contributed by atoms with Crippen LogP contribution in [0.5, 0.6) is 0 Å². The molecule has 8 nitrogen and oxygen atoms in total. The lowest BCUT2D eigenvalue weighted by molar-refractivity contribution is -0.323. The molecule has 268 valence electrons. The van der Waals surface area contributed by atoms with Gasteiger partial charge in [0, 0.05) is 40.9 Å². The molecule has 0 saturated carbocycles. The average Bonchev–Trinajstić information content (AvgIpc) is 2.99. The highest BCUT2D eigenvalue weighted by Crippen LogP contribution is 2.44. The molecule has 2 aliphatic heterocycles. The Morgan fingerprint density at radius 3 is 1.46 bits per heavy atom. The zero-order valence-corrected chi connectivity index (χ0v) is 31.4. The summed E-state index contributed by atoms with van der Waals surface area (Å²) in [6, 6.07) is 20.4. The number of aliphatic hydroxyl groups excluding tert-OH is 1. The normalized spacial score (nSPS) is 24.0. The number of hydrogen-bond acceptors (Lipinski definition) is 8. The third-order valence-corrected chi connectivity index (χ3v) is 10.2. The molecule has 4 rings (SSSR count). The van der Waals surface area contributed by atoms with Crippen LogP contribution in [-0.2, 0) is 23.9 Å². The fourth-order valence-corrected chi connectivity index (χ4v) is 8.18. The minimum absolute atomic E-state index is 0.0999. The van der Waals surface area contributed by atoms with Crippen molar-refractivity contribution in [2.75, 3.05) is 0 Å². The molecule has 4 unspecified atom stereocenters. The summed E-state index contributed by atoms with van der Waals surface area (Å²) >= 11 is 0. The minimum atomic E-state index is -1.07. The Morgan fingerprint density at radius 1 is 0.708 bits per heavy atom. The largest absolute Gasteiger partial charge is 0.462 e. The summed E-state index contributed by atoms with van der Waals surface area (Å²) in [5, 5.41) is 15.5. The third-order valence-electron chi connectivity index (χ3n) is 10.2. The third kappa shape index (κ3) is 9.46. The molecule has 2 saturated heterocycles. The lowest BCUT2D eigenvalue weighted by Gasteiger charge is -2.54. The molecule has 8 heteroatoms. The maximum atomic E-state index is 13.4. The molecule has 2 aromatic rings. The molecule has 0 aromatic heterocycles. The van der Waals surface area contributed by atoms with Gasteiger partial charge in [0.15, 0.2) is 6.29 Å². The van der Waals surface area contributed by atoms with Gasteiger partial charge < -0.3 is 14.6 Å². The van der Waals surface area contributed by atoms with Gasteiger partial charge in [-0.15, -0.1) is 0 Å². The van der Waals surface area contributed by atoms with Crippen molar-refractivity contribution in [1.29, 1.82) is 0 Å². The van der Waals surface area contributed by atoms with Crippen molar-refractivity contribution in [3.05, 3.63) is 71.8 Å². The number of hydrogen-bond donors (Lipinski definition) is 1. The van der Waals surface area contributed by atoms with Crippen molar-refractivity contribution in [3.8, 4) is 0 Å². The zero-order chi connectivity index (χ0) is 35.5. The molecule has 0 amide bonds. The van der Waals surface area contributed by atoms with Gasteiger partial charge in [-0.3, -0.25) is 14.5 Å².